The largest absolute Gasteiger partial charge is 0.430 e. The number of carbonyl (C=O) groups excluding carboxylic acids is 3. The van der Waals surface area contributed by atoms with Gasteiger partial charge in [0.15, 0.2) is 6.10 Å². The molecule has 366 valence electrons. The Labute approximate surface area is 378 Å². The van der Waals surface area contributed by atoms with Gasteiger partial charge in [-0.15, -0.1) is 0 Å². The molecule has 18 atom stereocenters. The zero-order chi connectivity index (χ0) is 47.8. The molecule has 64 heavy (non-hydrogen) atoms. The third-order valence-corrected chi connectivity index (χ3v) is 18.5. The summed E-state index contributed by atoms with van der Waals surface area (Å²) in [5.41, 5.74) is -16.1. The van der Waals surface area contributed by atoms with Crippen LogP contribution in [0.25, 0.3) is 0 Å². The van der Waals surface area contributed by atoms with Crippen molar-refractivity contribution in [2.45, 2.75) is 194 Å². The molecule has 0 aromatic heterocycles. The van der Waals surface area contributed by atoms with E-state index in [0.717, 1.165) is 18.6 Å². The topological polar surface area (TPSA) is 294 Å². The van der Waals surface area contributed by atoms with Crippen LogP contribution in [0.5, 0.6) is 0 Å². The number of thioether (sulfide) groups is 1. The fourth-order valence-corrected chi connectivity index (χ4v) is 14.0. The van der Waals surface area contributed by atoms with Gasteiger partial charge in [0.2, 0.25) is 17.5 Å². The Morgan fingerprint density at radius 1 is 0.812 bits per heavy atom. The van der Waals surface area contributed by atoms with Crippen molar-refractivity contribution in [2.24, 2.45) is 10.8 Å². The molecule has 0 aromatic carbocycles. The molecule has 8 fully saturated rings. The lowest BCUT2D eigenvalue weighted by molar-refractivity contribution is -0.579. The van der Waals surface area contributed by atoms with E-state index in [1.807, 2.05) is 0 Å². The van der Waals surface area contributed by atoms with Crippen LogP contribution in [-0.4, -0.2) is 191 Å². The van der Waals surface area contributed by atoms with Gasteiger partial charge in [0, 0.05) is 36.7 Å². The molecule has 0 radical (unpaired) electrons. The summed E-state index contributed by atoms with van der Waals surface area (Å²) in [5.74, 6) is -3.99. The zero-order valence-electron chi connectivity index (χ0n) is 38.9. The van der Waals surface area contributed by atoms with Gasteiger partial charge in [-0.2, -0.15) is 11.8 Å². The summed E-state index contributed by atoms with van der Waals surface area (Å²) in [4.78, 5) is 37.6. The van der Waals surface area contributed by atoms with Gasteiger partial charge in [-0.3, -0.25) is 9.59 Å². The second-order valence-corrected chi connectivity index (χ2v) is 22.7. The summed E-state index contributed by atoms with van der Waals surface area (Å²) in [5, 5.41) is 88.5. The minimum Gasteiger partial charge on any atom is -0.430 e. The lowest BCUT2D eigenvalue weighted by Crippen LogP contribution is -2.96. The van der Waals surface area contributed by atoms with E-state index in [4.69, 9.17) is 33.2 Å². The standard InChI is InChI=1S/C43H71N3O17S/c1-23(50)44-28-32(2,17-47)30(58-22-36(6)38(8,54)41(11)39(9,55)42(19-49,61-36)63-41)33(3,18-48)60-34(28,4)20-57-21-35(5)40(10)43(35,56)29(52)37(7,62-40)59-26(51)15-13-12-14-25-27-24(16-64-25)45-31(53)46-27/h24-25,27-30,47-49,52,54-56H,12-22H2,1-11H3,(H,44,50)(H2,45,46,53)/t24-,25?,27-,28?,29?,30?,32?,33?,34+,35+,36-,37-,38-,39+,40?,41?,42?,43-/m0/s1. The molecule has 2 bridgehead atoms. The van der Waals surface area contributed by atoms with E-state index in [1.54, 1.807) is 46.4 Å². The maximum absolute atomic E-state index is 13.1. The first-order chi connectivity index (χ1) is 29.4. The molecule has 8 rings (SSSR count). The van der Waals surface area contributed by atoms with Crippen LogP contribution >= 0.6 is 11.8 Å². The van der Waals surface area contributed by atoms with Crippen molar-refractivity contribution in [1.82, 2.24) is 16.0 Å². The van der Waals surface area contributed by atoms with Crippen LogP contribution in [0.3, 0.4) is 0 Å². The minimum absolute atomic E-state index is 0.0622. The maximum Gasteiger partial charge on any atom is 0.315 e. The Bertz CT molecular complexity index is 1880. The lowest BCUT2D eigenvalue weighted by atomic mass is 9.56. The molecule has 0 aromatic rings. The molecule has 7 heterocycles. The van der Waals surface area contributed by atoms with Crippen molar-refractivity contribution in [2.75, 3.05) is 45.4 Å². The Kier molecular flexibility index (Phi) is 12.1. The average molecular weight is 934 g/mol. The van der Waals surface area contributed by atoms with Crippen LogP contribution in [0.15, 0.2) is 0 Å². The molecular formula is C43H71N3O17S. The normalized spacial score (nSPS) is 53.4. The van der Waals surface area contributed by atoms with Gasteiger partial charge >= 0.3 is 12.0 Å². The summed E-state index contributed by atoms with van der Waals surface area (Å²) in [7, 11) is 0. The second-order valence-electron chi connectivity index (χ2n) is 21.4. The predicted octanol–water partition coefficient (Wildman–Crippen LogP) is -0.914. The van der Waals surface area contributed by atoms with E-state index in [9.17, 15) is 50.1 Å². The molecule has 9 unspecified atom stereocenters. The fourth-order valence-electron chi connectivity index (χ4n) is 12.5. The van der Waals surface area contributed by atoms with Crippen molar-refractivity contribution in [3.8, 4) is 0 Å². The predicted molar refractivity (Wildman–Crippen MR) is 225 cm³/mol. The van der Waals surface area contributed by atoms with Crippen LogP contribution in [0.1, 0.15) is 102 Å². The number of fused-ring (bicyclic) bond motifs is 4. The van der Waals surface area contributed by atoms with Gasteiger partial charge in [-0.25, -0.2) is 4.79 Å². The molecule has 0 spiro atoms. The summed E-state index contributed by atoms with van der Waals surface area (Å²) in [6.45, 7) is 13.8. The number of urea groups is 1. The van der Waals surface area contributed by atoms with Gasteiger partial charge in [0.1, 0.15) is 51.4 Å². The highest BCUT2D eigenvalue weighted by Gasteiger charge is 2.94. The van der Waals surface area contributed by atoms with Crippen LogP contribution < -0.4 is 16.0 Å². The quantitative estimate of drug-likeness (QED) is 0.0480. The van der Waals surface area contributed by atoms with Gasteiger partial charge in [0.25, 0.3) is 0 Å². The number of ether oxygens (including phenoxy) is 7. The number of hydrogen-bond acceptors (Lipinski definition) is 18. The number of aliphatic hydroxyl groups is 7. The van der Waals surface area contributed by atoms with Crippen molar-refractivity contribution >= 4 is 29.7 Å². The zero-order valence-corrected chi connectivity index (χ0v) is 39.7. The molecule has 21 heteroatoms. The van der Waals surface area contributed by atoms with Crippen molar-refractivity contribution in [1.29, 1.82) is 0 Å². The van der Waals surface area contributed by atoms with Crippen LogP contribution in [0.4, 0.5) is 4.79 Å². The van der Waals surface area contributed by atoms with Gasteiger partial charge in [-0.05, 0) is 61.3 Å². The Hall–Kier alpha value is -1.96. The Morgan fingerprint density at radius 2 is 1.48 bits per heavy atom. The second kappa shape index (κ2) is 15.5. The number of nitrogens with one attached hydrogen (secondary N) is 3. The van der Waals surface area contributed by atoms with Crippen molar-refractivity contribution < 1.29 is 83.3 Å². The highest BCUT2D eigenvalue weighted by atomic mass is 32.2. The van der Waals surface area contributed by atoms with Crippen LogP contribution in [0.2, 0.25) is 0 Å². The molecular weight excluding hydrogens is 863 g/mol. The minimum atomic E-state index is -1.93. The highest BCUT2D eigenvalue weighted by Crippen LogP contribution is 2.75. The number of unbranched alkanes of at least 4 members (excludes halogenated alkanes) is 1. The lowest BCUT2D eigenvalue weighted by Gasteiger charge is -2.76. The molecule has 10 N–H and O–H groups in total. The highest BCUT2D eigenvalue weighted by molar-refractivity contribution is 8.00. The number of carbonyl (C=O) groups is 3. The first-order valence-electron chi connectivity index (χ1n) is 22.2. The summed E-state index contributed by atoms with van der Waals surface area (Å²) in [6, 6.07) is -1.04. The third kappa shape index (κ3) is 6.53. The summed E-state index contributed by atoms with van der Waals surface area (Å²) >= 11 is 1.79. The van der Waals surface area contributed by atoms with Crippen molar-refractivity contribution in [3.05, 3.63) is 0 Å². The van der Waals surface area contributed by atoms with E-state index in [2.05, 4.69) is 16.0 Å². The molecule has 8 aliphatic rings. The van der Waals surface area contributed by atoms with Crippen LogP contribution in [-0.2, 0) is 42.7 Å². The number of aliphatic hydroxyl groups excluding tert-OH is 4. The Balaban J connectivity index is 1.00. The van der Waals surface area contributed by atoms with E-state index < -0.39 is 124 Å². The molecule has 7 aliphatic heterocycles. The number of esters is 1. The maximum atomic E-state index is 13.1. The summed E-state index contributed by atoms with van der Waals surface area (Å²) < 4.78 is 43.5. The number of rotatable bonds is 17. The van der Waals surface area contributed by atoms with E-state index >= 15 is 0 Å². The number of hydrogen-bond donors (Lipinski definition) is 10. The van der Waals surface area contributed by atoms with E-state index in [-0.39, 0.29) is 43.0 Å². The SMILES string of the molecule is CC(=O)NC1C(C)(CO)C(OC[C@]2(C)OC3(CO)OC(C)([C@@]3(C)O)[C@@]2(C)O)C(C)(CO)O[C@]1(C)COC[C@]1(C)C2(C)O[C@](C)(OC(=O)CCCCC3SC[C@@H]4NC(=O)N[C@H]34)C(O)[C@@]21O. The van der Waals surface area contributed by atoms with E-state index in [1.165, 1.54) is 41.5 Å². The van der Waals surface area contributed by atoms with Gasteiger partial charge in [0.05, 0.1) is 62.7 Å². The Morgan fingerprint density at radius 3 is 2.05 bits per heavy atom. The first-order valence-corrected chi connectivity index (χ1v) is 23.3. The smallest absolute Gasteiger partial charge is 0.315 e. The molecule has 20 nitrogen and oxygen atoms in total. The fraction of sp³-hybridized carbons (Fsp3) is 0.930. The molecule has 1 aliphatic carbocycles. The van der Waals surface area contributed by atoms with Gasteiger partial charge < -0.3 is 84.9 Å². The number of amides is 3. The van der Waals surface area contributed by atoms with Crippen LogP contribution in [0, 0.1) is 10.8 Å². The third-order valence-electron chi connectivity index (χ3n) is 17.0. The van der Waals surface area contributed by atoms with Gasteiger partial charge in [-0.1, -0.05) is 20.3 Å². The first kappa shape index (κ1) is 49.9. The summed E-state index contributed by atoms with van der Waals surface area (Å²) in [6.07, 6.45) is -0.752. The molecule has 3 amide bonds. The van der Waals surface area contributed by atoms with Crippen molar-refractivity contribution in [3.63, 3.8) is 0 Å². The molecule has 1 saturated carbocycles. The average Bonchev–Trinajstić information content (AvgIpc) is 3.63. The monoisotopic (exact) mass is 933 g/mol. The van der Waals surface area contributed by atoms with E-state index in [0.29, 0.717) is 6.42 Å². The molecule has 7 saturated heterocycles.